The SMILES string of the molecule is CCCCCC/C=C\C/C=C\CCCCCCCC(=O)OCCCCCCCCCCCCCC/C=C\CCCCCCCCCCCCCCCCCC(=O)NC(CO)C(O)CCCCCCCCCCCC. The van der Waals surface area contributed by atoms with Crippen LogP contribution in [0.2, 0.25) is 0 Å². The Kier molecular flexibility index (Phi) is 62.0. The first-order valence-corrected chi connectivity index (χ1v) is 33.2. The highest BCUT2D eigenvalue weighted by molar-refractivity contribution is 5.76. The van der Waals surface area contributed by atoms with Crippen molar-refractivity contribution >= 4 is 11.9 Å². The molecule has 0 fully saturated rings. The van der Waals surface area contributed by atoms with Crippen LogP contribution in [-0.4, -0.2) is 47.4 Å². The summed E-state index contributed by atoms with van der Waals surface area (Å²) in [5.41, 5.74) is 0. The Morgan fingerprint density at radius 3 is 1.05 bits per heavy atom. The fraction of sp³-hybridized carbons (Fsp3) is 0.882. The number of carbonyl (C=O) groups is 2. The van der Waals surface area contributed by atoms with Gasteiger partial charge < -0.3 is 20.3 Å². The number of unbranched alkanes of at least 4 members (excludes halogenated alkanes) is 45. The Bertz CT molecular complexity index is 1200. The Hall–Kier alpha value is -1.92. The molecule has 0 heterocycles. The molecule has 0 bridgehead atoms. The van der Waals surface area contributed by atoms with Crippen molar-refractivity contribution < 1.29 is 24.5 Å². The minimum absolute atomic E-state index is 0.00424. The number of nitrogens with one attached hydrogen (secondary N) is 1. The minimum Gasteiger partial charge on any atom is -0.466 e. The van der Waals surface area contributed by atoms with Crippen molar-refractivity contribution in [3.63, 3.8) is 0 Å². The maximum absolute atomic E-state index is 12.4. The first-order valence-electron chi connectivity index (χ1n) is 33.2. The van der Waals surface area contributed by atoms with Gasteiger partial charge in [-0.05, 0) is 83.5 Å². The highest BCUT2D eigenvalue weighted by Crippen LogP contribution is 2.18. The summed E-state index contributed by atoms with van der Waals surface area (Å²) in [5, 5.41) is 23.2. The number of amides is 1. The number of allylic oxidation sites excluding steroid dienone is 6. The smallest absolute Gasteiger partial charge is 0.305 e. The van der Waals surface area contributed by atoms with E-state index in [0.29, 0.717) is 25.9 Å². The molecule has 6 nitrogen and oxygen atoms in total. The van der Waals surface area contributed by atoms with Crippen molar-refractivity contribution in [3.05, 3.63) is 36.5 Å². The number of aliphatic hydroxyl groups excluding tert-OH is 2. The third-order valence-electron chi connectivity index (χ3n) is 15.4. The van der Waals surface area contributed by atoms with Crippen LogP contribution in [0, 0.1) is 0 Å². The standard InChI is InChI=1S/C68H129NO5/c1-3-5-7-9-11-13-15-16-17-36-39-42-46-50-54-58-62-68(73)74-63-59-55-51-47-43-40-37-34-32-30-28-26-24-22-20-18-19-21-23-25-27-29-31-33-35-38-41-45-49-53-57-61-67(72)69-65(64-70)66(71)60-56-52-48-44-14-12-10-8-6-4-2/h13,15,17,20,22,36,65-66,70-71H,3-12,14,16,18-19,21,23-35,37-64H2,1-2H3,(H,69,72)/b15-13-,22-20-,36-17-. The number of hydrogen-bond donors (Lipinski definition) is 3. The van der Waals surface area contributed by atoms with Crippen LogP contribution in [0.4, 0.5) is 0 Å². The predicted molar refractivity (Wildman–Crippen MR) is 324 cm³/mol. The van der Waals surface area contributed by atoms with Crippen LogP contribution in [0.15, 0.2) is 36.5 Å². The summed E-state index contributed by atoms with van der Waals surface area (Å²) in [4.78, 5) is 24.5. The van der Waals surface area contributed by atoms with Gasteiger partial charge in [0.25, 0.3) is 0 Å². The fourth-order valence-corrected chi connectivity index (χ4v) is 10.3. The number of aliphatic hydroxyl groups is 2. The minimum atomic E-state index is -0.661. The number of hydrogen-bond acceptors (Lipinski definition) is 5. The first-order chi connectivity index (χ1) is 36.5. The molecule has 3 N–H and O–H groups in total. The van der Waals surface area contributed by atoms with Crippen molar-refractivity contribution in [3.8, 4) is 0 Å². The zero-order valence-corrected chi connectivity index (χ0v) is 49.8. The maximum Gasteiger partial charge on any atom is 0.305 e. The molecular weight excluding hydrogens is 911 g/mol. The molecule has 0 aliphatic heterocycles. The molecule has 0 aliphatic rings. The van der Waals surface area contributed by atoms with E-state index < -0.39 is 12.1 Å². The Labute approximate surface area is 462 Å². The van der Waals surface area contributed by atoms with E-state index in [2.05, 4.69) is 55.6 Å². The van der Waals surface area contributed by atoms with Gasteiger partial charge in [-0.2, -0.15) is 0 Å². The van der Waals surface area contributed by atoms with E-state index in [1.165, 1.54) is 276 Å². The van der Waals surface area contributed by atoms with E-state index in [-0.39, 0.29) is 18.5 Å². The normalized spacial score (nSPS) is 12.8. The molecular formula is C68H129NO5. The average Bonchev–Trinajstić information content (AvgIpc) is 3.40. The number of ether oxygens (including phenoxy) is 1. The van der Waals surface area contributed by atoms with Crippen LogP contribution >= 0.6 is 0 Å². The van der Waals surface area contributed by atoms with Crippen molar-refractivity contribution in [2.45, 2.75) is 373 Å². The Morgan fingerprint density at radius 2 is 0.676 bits per heavy atom. The van der Waals surface area contributed by atoms with E-state index in [4.69, 9.17) is 4.74 Å². The molecule has 0 rings (SSSR count). The lowest BCUT2D eigenvalue weighted by atomic mass is 10.0. The molecule has 6 heteroatoms. The average molecular weight is 1040 g/mol. The number of rotatable bonds is 62. The summed E-state index contributed by atoms with van der Waals surface area (Å²) in [5.74, 6) is -0.0293. The predicted octanol–water partition coefficient (Wildman–Crippen LogP) is 21.1. The lowest BCUT2D eigenvalue weighted by Crippen LogP contribution is -2.45. The topological polar surface area (TPSA) is 95.9 Å². The van der Waals surface area contributed by atoms with Gasteiger partial charge in [-0.15, -0.1) is 0 Å². The zero-order chi connectivity index (χ0) is 53.6. The van der Waals surface area contributed by atoms with Gasteiger partial charge in [-0.1, -0.05) is 301 Å². The van der Waals surface area contributed by atoms with Gasteiger partial charge >= 0.3 is 5.97 Å². The lowest BCUT2D eigenvalue weighted by Gasteiger charge is -2.22. The molecule has 0 aromatic heterocycles. The molecule has 2 atom stereocenters. The Balaban J connectivity index is 3.34. The third-order valence-corrected chi connectivity index (χ3v) is 15.4. The van der Waals surface area contributed by atoms with Crippen LogP contribution in [0.1, 0.15) is 361 Å². The highest BCUT2D eigenvalue weighted by Gasteiger charge is 2.20. The molecule has 0 spiro atoms. The fourth-order valence-electron chi connectivity index (χ4n) is 10.3. The summed E-state index contributed by atoms with van der Waals surface area (Å²) < 4.78 is 5.49. The molecule has 0 aromatic rings. The summed E-state index contributed by atoms with van der Waals surface area (Å²) in [6.07, 6.45) is 80.5. The summed E-state index contributed by atoms with van der Waals surface area (Å²) in [6.45, 7) is 4.93. The molecule has 436 valence electrons. The van der Waals surface area contributed by atoms with E-state index in [0.717, 1.165) is 51.4 Å². The molecule has 0 radical (unpaired) electrons. The van der Waals surface area contributed by atoms with Crippen molar-refractivity contribution in [2.24, 2.45) is 0 Å². The number of carbonyl (C=O) groups excluding carboxylic acids is 2. The van der Waals surface area contributed by atoms with Crippen LogP contribution < -0.4 is 5.32 Å². The quantitative estimate of drug-likeness (QED) is 0.0320. The van der Waals surface area contributed by atoms with Gasteiger partial charge in [0.05, 0.1) is 25.4 Å². The second-order valence-electron chi connectivity index (χ2n) is 22.8. The van der Waals surface area contributed by atoms with Gasteiger partial charge in [-0.25, -0.2) is 0 Å². The second kappa shape index (κ2) is 63.6. The van der Waals surface area contributed by atoms with E-state index in [1.807, 2.05) is 0 Å². The van der Waals surface area contributed by atoms with Crippen molar-refractivity contribution in [1.29, 1.82) is 0 Å². The molecule has 2 unspecified atom stereocenters. The summed E-state index contributed by atoms with van der Waals surface area (Å²) in [7, 11) is 0. The van der Waals surface area contributed by atoms with Gasteiger partial charge in [0, 0.05) is 12.8 Å². The highest BCUT2D eigenvalue weighted by atomic mass is 16.5. The molecule has 0 aliphatic carbocycles. The largest absolute Gasteiger partial charge is 0.466 e. The van der Waals surface area contributed by atoms with Crippen molar-refractivity contribution in [2.75, 3.05) is 13.2 Å². The van der Waals surface area contributed by atoms with Gasteiger partial charge in [0.15, 0.2) is 0 Å². The lowest BCUT2D eigenvalue weighted by molar-refractivity contribution is -0.143. The van der Waals surface area contributed by atoms with Gasteiger partial charge in [0.2, 0.25) is 5.91 Å². The summed E-state index contributed by atoms with van der Waals surface area (Å²) >= 11 is 0. The van der Waals surface area contributed by atoms with Crippen LogP contribution in [0.3, 0.4) is 0 Å². The number of esters is 1. The monoisotopic (exact) mass is 1040 g/mol. The molecule has 0 saturated heterocycles. The second-order valence-corrected chi connectivity index (χ2v) is 22.8. The van der Waals surface area contributed by atoms with Crippen LogP contribution in [0.25, 0.3) is 0 Å². The van der Waals surface area contributed by atoms with E-state index in [9.17, 15) is 19.8 Å². The molecule has 0 aromatic carbocycles. The summed E-state index contributed by atoms with van der Waals surface area (Å²) in [6, 6.07) is -0.538. The van der Waals surface area contributed by atoms with Gasteiger partial charge in [0.1, 0.15) is 0 Å². The zero-order valence-electron chi connectivity index (χ0n) is 49.8. The van der Waals surface area contributed by atoms with E-state index >= 15 is 0 Å². The Morgan fingerprint density at radius 1 is 0.378 bits per heavy atom. The van der Waals surface area contributed by atoms with Crippen LogP contribution in [0.5, 0.6) is 0 Å². The van der Waals surface area contributed by atoms with E-state index in [1.54, 1.807) is 0 Å². The first kappa shape index (κ1) is 72.1. The molecule has 74 heavy (non-hydrogen) atoms. The molecule has 1 amide bonds. The molecule has 0 saturated carbocycles. The maximum atomic E-state index is 12.4. The van der Waals surface area contributed by atoms with Crippen molar-refractivity contribution in [1.82, 2.24) is 5.32 Å². The van der Waals surface area contributed by atoms with Gasteiger partial charge in [-0.3, -0.25) is 9.59 Å². The van der Waals surface area contributed by atoms with Crippen LogP contribution in [-0.2, 0) is 14.3 Å². The third kappa shape index (κ3) is 59.3.